The predicted octanol–water partition coefficient (Wildman–Crippen LogP) is 3.03. The topological polar surface area (TPSA) is 30.8 Å². The summed E-state index contributed by atoms with van der Waals surface area (Å²) in [6, 6.07) is 10.6. The fourth-order valence-electron chi connectivity index (χ4n) is 2.73. The fourth-order valence-corrected chi connectivity index (χ4v) is 2.73. The predicted molar refractivity (Wildman–Crippen MR) is 81.3 cm³/mol. The average Bonchev–Trinajstić information content (AvgIpc) is 3.00. The Hall–Kier alpha value is -2.55. The van der Waals surface area contributed by atoms with Gasteiger partial charge in [0.15, 0.2) is 0 Å². The fraction of sp³-hybridized carbons (Fsp3) is 0.167. The molecule has 3 heteroatoms. The van der Waals surface area contributed by atoms with Crippen LogP contribution < -0.4 is 4.74 Å². The molecule has 1 aliphatic carbocycles. The van der Waals surface area contributed by atoms with Crippen molar-refractivity contribution in [1.82, 2.24) is 0 Å². The first-order valence-corrected chi connectivity index (χ1v) is 6.98. The lowest BCUT2D eigenvalue weighted by Gasteiger charge is -2.24. The molecule has 1 atom stereocenters. The first-order chi connectivity index (χ1) is 10.4. The highest BCUT2D eigenvalue weighted by Gasteiger charge is 2.29. The lowest BCUT2D eigenvalue weighted by molar-refractivity contribution is 0.314. The number of hydrogen-bond acceptors (Lipinski definition) is 3. The minimum absolute atomic E-state index is 0.0894. The highest BCUT2D eigenvalue weighted by molar-refractivity contribution is 6.07. The maximum atomic E-state index is 5.92. The summed E-state index contributed by atoms with van der Waals surface area (Å²) >= 11 is 0. The molecule has 103 valence electrons. The van der Waals surface area contributed by atoms with Crippen LogP contribution in [0.25, 0.3) is 0 Å². The molecule has 1 aromatic rings. The minimum Gasteiger partial charge on any atom is -0.494 e. The van der Waals surface area contributed by atoms with Crippen LogP contribution in [0.15, 0.2) is 76.5 Å². The molecule has 0 amide bonds. The van der Waals surface area contributed by atoms with Crippen molar-refractivity contribution < 1.29 is 9.47 Å². The van der Waals surface area contributed by atoms with Gasteiger partial charge in [-0.3, -0.25) is 4.99 Å². The van der Waals surface area contributed by atoms with Gasteiger partial charge in [-0.15, -0.1) is 0 Å². The van der Waals surface area contributed by atoms with Crippen LogP contribution in [0.4, 0.5) is 0 Å². The quantitative estimate of drug-likeness (QED) is 0.849. The molecule has 0 saturated carbocycles. The van der Waals surface area contributed by atoms with Crippen molar-refractivity contribution in [2.24, 2.45) is 4.99 Å². The van der Waals surface area contributed by atoms with Crippen molar-refractivity contribution in [2.45, 2.75) is 6.04 Å². The van der Waals surface area contributed by atoms with Crippen LogP contribution in [0.1, 0.15) is 0 Å². The summed E-state index contributed by atoms with van der Waals surface area (Å²) in [4.78, 5) is 4.74. The standard InChI is InChI=1S/C18H14NO2/c1-2-6-13(7-3-1)21-11-15-14-8-4-5-9-17(14)19-18-12-20-10-16(15)18/h2-10,17H,11-12H2. The number of nitrogens with zero attached hydrogens (tertiary/aromatic N) is 1. The molecular formula is C18H14NO2. The second-order valence-corrected chi connectivity index (χ2v) is 5.07. The molecule has 1 radical (unpaired) electrons. The molecule has 3 aliphatic rings. The number of dihydropyridines is 1. The summed E-state index contributed by atoms with van der Waals surface area (Å²) in [5, 5.41) is 0. The zero-order chi connectivity index (χ0) is 14.1. The van der Waals surface area contributed by atoms with Gasteiger partial charge in [0.2, 0.25) is 0 Å². The van der Waals surface area contributed by atoms with E-state index >= 15 is 0 Å². The van der Waals surface area contributed by atoms with E-state index in [1.165, 1.54) is 5.57 Å². The highest BCUT2D eigenvalue weighted by Crippen LogP contribution is 2.32. The minimum atomic E-state index is 0.0894. The van der Waals surface area contributed by atoms with Crippen LogP contribution >= 0.6 is 0 Å². The molecule has 1 aromatic carbocycles. The van der Waals surface area contributed by atoms with Gasteiger partial charge in [-0.1, -0.05) is 36.4 Å². The molecule has 3 nitrogen and oxygen atoms in total. The smallest absolute Gasteiger partial charge is 0.130 e. The Kier molecular flexibility index (Phi) is 2.96. The van der Waals surface area contributed by atoms with Gasteiger partial charge in [0.25, 0.3) is 0 Å². The van der Waals surface area contributed by atoms with Gasteiger partial charge < -0.3 is 9.47 Å². The van der Waals surface area contributed by atoms with E-state index in [0.29, 0.717) is 13.2 Å². The summed E-state index contributed by atoms with van der Waals surface area (Å²) in [6.45, 7) is 1.07. The number of fused-ring (bicyclic) bond motifs is 2. The lowest BCUT2D eigenvalue weighted by Crippen LogP contribution is -2.24. The molecular weight excluding hydrogens is 262 g/mol. The van der Waals surface area contributed by atoms with E-state index in [1.54, 1.807) is 6.26 Å². The molecule has 0 N–H and O–H groups in total. The largest absolute Gasteiger partial charge is 0.494 e. The van der Waals surface area contributed by atoms with E-state index in [0.717, 1.165) is 22.6 Å². The van der Waals surface area contributed by atoms with Crippen molar-refractivity contribution >= 4 is 5.71 Å². The van der Waals surface area contributed by atoms with Crippen molar-refractivity contribution in [3.8, 4) is 5.75 Å². The van der Waals surface area contributed by atoms with Gasteiger partial charge >= 0.3 is 0 Å². The Morgan fingerprint density at radius 1 is 1.29 bits per heavy atom. The average molecular weight is 276 g/mol. The molecule has 21 heavy (non-hydrogen) atoms. The van der Waals surface area contributed by atoms with Gasteiger partial charge in [-0.25, -0.2) is 0 Å². The summed E-state index contributed by atoms with van der Waals surface area (Å²) in [5.41, 5.74) is 4.45. The summed E-state index contributed by atoms with van der Waals surface area (Å²) < 4.78 is 11.4. The van der Waals surface area contributed by atoms with Crippen molar-refractivity contribution in [1.29, 1.82) is 0 Å². The number of aliphatic imine (C=N–C) groups is 1. The normalized spacial score (nSPS) is 22.2. The Morgan fingerprint density at radius 3 is 3.10 bits per heavy atom. The van der Waals surface area contributed by atoms with Gasteiger partial charge in [0, 0.05) is 11.1 Å². The van der Waals surface area contributed by atoms with E-state index in [2.05, 4.69) is 18.2 Å². The second-order valence-electron chi connectivity index (χ2n) is 5.07. The van der Waals surface area contributed by atoms with Crippen LogP contribution in [0.3, 0.4) is 0 Å². The molecule has 0 bridgehead atoms. The maximum absolute atomic E-state index is 5.92. The van der Waals surface area contributed by atoms with E-state index in [-0.39, 0.29) is 6.04 Å². The molecule has 2 aliphatic heterocycles. The zero-order valence-electron chi connectivity index (χ0n) is 11.5. The third-order valence-electron chi connectivity index (χ3n) is 3.77. The van der Waals surface area contributed by atoms with E-state index < -0.39 is 0 Å². The number of hydrogen-bond donors (Lipinski definition) is 0. The van der Waals surface area contributed by atoms with E-state index in [1.807, 2.05) is 36.4 Å². The van der Waals surface area contributed by atoms with Crippen LogP contribution in [-0.4, -0.2) is 25.0 Å². The number of benzene rings is 1. The Balaban J connectivity index is 1.66. The van der Waals surface area contributed by atoms with Crippen LogP contribution in [0.2, 0.25) is 0 Å². The third-order valence-corrected chi connectivity index (χ3v) is 3.77. The maximum Gasteiger partial charge on any atom is 0.130 e. The summed E-state index contributed by atoms with van der Waals surface area (Å²) in [5.74, 6) is 0.845. The summed E-state index contributed by atoms with van der Waals surface area (Å²) in [6.07, 6.45) is 10.1. The second kappa shape index (κ2) is 5.09. The molecule has 0 aromatic heterocycles. The van der Waals surface area contributed by atoms with Crippen LogP contribution in [0, 0.1) is 6.07 Å². The molecule has 1 unspecified atom stereocenters. The van der Waals surface area contributed by atoms with Crippen molar-refractivity contribution in [3.63, 3.8) is 0 Å². The van der Waals surface area contributed by atoms with Crippen molar-refractivity contribution in [3.05, 3.63) is 77.6 Å². The van der Waals surface area contributed by atoms with Gasteiger partial charge in [0.1, 0.15) is 19.0 Å². The first kappa shape index (κ1) is 12.2. The van der Waals surface area contributed by atoms with Crippen LogP contribution in [-0.2, 0) is 4.74 Å². The van der Waals surface area contributed by atoms with Gasteiger partial charge in [-0.05, 0) is 23.8 Å². The monoisotopic (exact) mass is 276 g/mol. The van der Waals surface area contributed by atoms with Crippen molar-refractivity contribution in [2.75, 3.05) is 13.2 Å². The Labute approximate surface area is 123 Å². The number of rotatable bonds is 3. The highest BCUT2D eigenvalue weighted by atomic mass is 16.5. The third kappa shape index (κ3) is 2.21. The number of ether oxygens (including phenoxy) is 2. The zero-order valence-corrected chi connectivity index (χ0v) is 11.5. The van der Waals surface area contributed by atoms with E-state index in [4.69, 9.17) is 14.5 Å². The van der Waals surface area contributed by atoms with Gasteiger partial charge in [0.05, 0.1) is 18.0 Å². The van der Waals surface area contributed by atoms with Crippen LogP contribution in [0.5, 0.6) is 5.75 Å². The van der Waals surface area contributed by atoms with Gasteiger partial charge in [-0.2, -0.15) is 0 Å². The SMILES string of the molecule is [c]1ccc(OCC2=C3C=CC=CC3N=C3COC=C32)cc1. The Morgan fingerprint density at radius 2 is 2.19 bits per heavy atom. The lowest BCUT2D eigenvalue weighted by atomic mass is 9.88. The molecule has 0 fully saturated rings. The first-order valence-electron chi connectivity index (χ1n) is 6.98. The summed E-state index contributed by atoms with van der Waals surface area (Å²) in [7, 11) is 0. The molecule has 0 spiro atoms. The molecule has 2 heterocycles. The molecule has 0 saturated heterocycles. The Bertz CT molecular complexity index is 708. The molecule has 4 rings (SSSR count). The van der Waals surface area contributed by atoms with E-state index in [9.17, 15) is 0 Å². The number of allylic oxidation sites excluding steroid dienone is 2.